The third-order valence-corrected chi connectivity index (χ3v) is 5.04. The van der Waals surface area contributed by atoms with Crippen LogP contribution in [0.1, 0.15) is 42.3 Å². The third-order valence-electron chi connectivity index (χ3n) is 5.04. The largest absolute Gasteiger partial charge is 0.508 e. The molecule has 3 aromatic rings. The molecule has 0 saturated heterocycles. The topological polar surface area (TPSA) is 80.0 Å². The molecule has 0 bridgehead atoms. The van der Waals surface area contributed by atoms with Crippen LogP contribution in [0.3, 0.4) is 0 Å². The van der Waals surface area contributed by atoms with Gasteiger partial charge < -0.3 is 15.0 Å². The molecular formula is C22H24N4O2. The summed E-state index contributed by atoms with van der Waals surface area (Å²) in [5, 5.41) is 21.2. The molecule has 4 rings (SSSR count). The zero-order chi connectivity index (χ0) is 19.7. The predicted molar refractivity (Wildman–Crippen MR) is 108 cm³/mol. The Morgan fingerprint density at radius 3 is 2.57 bits per heavy atom. The smallest absolute Gasteiger partial charge is 0.224 e. The number of phenols is 1. The van der Waals surface area contributed by atoms with Crippen molar-refractivity contribution in [2.24, 2.45) is 0 Å². The van der Waals surface area contributed by atoms with Crippen molar-refractivity contribution >= 4 is 11.6 Å². The number of amides is 1. The van der Waals surface area contributed by atoms with Gasteiger partial charge in [0.25, 0.3) is 0 Å². The van der Waals surface area contributed by atoms with Crippen molar-refractivity contribution in [2.45, 2.75) is 45.6 Å². The molecule has 0 radical (unpaired) electrons. The number of hydrogen-bond donors (Lipinski definition) is 2. The van der Waals surface area contributed by atoms with E-state index in [4.69, 9.17) is 0 Å². The molecule has 0 unspecified atom stereocenters. The van der Waals surface area contributed by atoms with Gasteiger partial charge in [0.05, 0.1) is 0 Å². The quantitative estimate of drug-likeness (QED) is 0.676. The number of anilines is 1. The minimum absolute atomic E-state index is 0.0246. The van der Waals surface area contributed by atoms with E-state index in [2.05, 4.69) is 26.1 Å². The zero-order valence-electron chi connectivity index (χ0n) is 16.1. The van der Waals surface area contributed by atoms with Crippen LogP contribution in [0.15, 0.2) is 42.5 Å². The van der Waals surface area contributed by atoms with Gasteiger partial charge >= 0.3 is 0 Å². The number of nitrogens with one attached hydrogen (secondary N) is 1. The van der Waals surface area contributed by atoms with Crippen molar-refractivity contribution in [1.82, 2.24) is 14.8 Å². The lowest BCUT2D eigenvalue weighted by Gasteiger charge is -2.11. The number of aromatic hydroxyl groups is 1. The molecule has 1 amide bonds. The van der Waals surface area contributed by atoms with E-state index in [0.717, 1.165) is 41.3 Å². The lowest BCUT2D eigenvalue weighted by atomic mass is 10.1. The Hall–Kier alpha value is -3.15. The SMILES string of the molecule is Cc1ccc(NC(=O)CCc2nnc(-c3ccc(O)cc3)n2C2CC2)c(C)c1. The van der Waals surface area contributed by atoms with Crippen LogP contribution in [0, 0.1) is 13.8 Å². The minimum Gasteiger partial charge on any atom is -0.508 e. The van der Waals surface area contributed by atoms with Crippen molar-refractivity contribution in [3.8, 4) is 17.1 Å². The van der Waals surface area contributed by atoms with Gasteiger partial charge in [-0.3, -0.25) is 4.79 Å². The maximum Gasteiger partial charge on any atom is 0.224 e. The normalized spacial score (nSPS) is 13.5. The first-order valence-electron chi connectivity index (χ1n) is 9.61. The van der Waals surface area contributed by atoms with Gasteiger partial charge in [0.15, 0.2) is 5.82 Å². The second-order valence-corrected chi connectivity index (χ2v) is 7.45. The Balaban J connectivity index is 1.47. The fourth-order valence-electron chi connectivity index (χ4n) is 3.41. The molecule has 1 aliphatic carbocycles. The Kier molecular flexibility index (Phi) is 4.86. The van der Waals surface area contributed by atoms with E-state index in [1.807, 2.05) is 38.1 Å². The first-order chi connectivity index (χ1) is 13.5. The summed E-state index contributed by atoms with van der Waals surface area (Å²) in [6.45, 7) is 4.03. The number of phenolic OH excluding ortho intramolecular Hbond substituents is 1. The second-order valence-electron chi connectivity index (χ2n) is 7.45. The summed E-state index contributed by atoms with van der Waals surface area (Å²) < 4.78 is 2.15. The first kappa shape index (κ1) is 18.2. The summed E-state index contributed by atoms with van der Waals surface area (Å²) in [5.41, 5.74) is 4.01. The third kappa shape index (κ3) is 3.91. The van der Waals surface area contributed by atoms with Crippen LogP contribution in [0.25, 0.3) is 11.4 Å². The minimum atomic E-state index is -0.0246. The predicted octanol–water partition coefficient (Wildman–Crippen LogP) is 4.17. The molecule has 6 nitrogen and oxygen atoms in total. The number of nitrogens with zero attached hydrogens (tertiary/aromatic N) is 3. The maximum absolute atomic E-state index is 12.4. The Bertz CT molecular complexity index is 1000. The van der Waals surface area contributed by atoms with Gasteiger partial charge in [-0.15, -0.1) is 10.2 Å². The highest BCUT2D eigenvalue weighted by molar-refractivity contribution is 5.91. The van der Waals surface area contributed by atoms with Gasteiger partial charge in [-0.1, -0.05) is 17.7 Å². The van der Waals surface area contributed by atoms with E-state index < -0.39 is 0 Å². The van der Waals surface area contributed by atoms with Gasteiger partial charge in [0.1, 0.15) is 11.6 Å². The molecule has 1 saturated carbocycles. The second kappa shape index (κ2) is 7.46. The molecule has 2 aromatic carbocycles. The summed E-state index contributed by atoms with van der Waals surface area (Å²) in [5.74, 6) is 1.83. The van der Waals surface area contributed by atoms with Crippen molar-refractivity contribution in [3.63, 3.8) is 0 Å². The molecule has 1 aliphatic rings. The van der Waals surface area contributed by atoms with Gasteiger partial charge in [-0.2, -0.15) is 0 Å². The number of hydrogen-bond acceptors (Lipinski definition) is 4. The maximum atomic E-state index is 12.4. The summed E-state index contributed by atoms with van der Waals surface area (Å²) in [6, 6.07) is 13.4. The highest BCUT2D eigenvalue weighted by atomic mass is 16.3. The standard InChI is InChI=1S/C22H24N4O2/c1-14-3-10-19(15(2)13-14)23-21(28)12-11-20-24-25-22(26(20)17-6-7-17)16-4-8-18(27)9-5-16/h3-5,8-10,13,17,27H,6-7,11-12H2,1-2H3,(H,23,28). The van der Waals surface area contributed by atoms with Crippen molar-refractivity contribution in [1.29, 1.82) is 0 Å². The van der Waals surface area contributed by atoms with E-state index in [1.54, 1.807) is 12.1 Å². The highest BCUT2D eigenvalue weighted by Crippen LogP contribution is 2.39. The van der Waals surface area contributed by atoms with E-state index in [0.29, 0.717) is 18.9 Å². The van der Waals surface area contributed by atoms with Crippen LogP contribution < -0.4 is 5.32 Å². The molecule has 0 aliphatic heterocycles. The molecule has 0 atom stereocenters. The van der Waals surface area contributed by atoms with Crippen LogP contribution in [-0.2, 0) is 11.2 Å². The zero-order valence-corrected chi connectivity index (χ0v) is 16.1. The average Bonchev–Trinajstić information content (AvgIpc) is 3.42. The molecule has 6 heteroatoms. The van der Waals surface area contributed by atoms with Gasteiger partial charge in [-0.25, -0.2) is 0 Å². The van der Waals surface area contributed by atoms with Crippen molar-refractivity contribution in [2.75, 3.05) is 5.32 Å². The summed E-state index contributed by atoms with van der Waals surface area (Å²) >= 11 is 0. The molecule has 1 heterocycles. The van der Waals surface area contributed by atoms with E-state index in [1.165, 1.54) is 5.56 Å². The molecule has 1 aromatic heterocycles. The Morgan fingerprint density at radius 1 is 1.14 bits per heavy atom. The summed E-state index contributed by atoms with van der Waals surface area (Å²) in [4.78, 5) is 12.4. The van der Waals surface area contributed by atoms with Crippen LogP contribution in [-0.4, -0.2) is 25.8 Å². The molecule has 28 heavy (non-hydrogen) atoms. The van der Waals surface area contributed by atoms with Crippen LogP contribution in [0.2, 0.25) is 0 Å². The molecular weight excluding hydrogens is 352 g/mol. The number of aryl methyl sites for hydroxylation is 3. The van der Waals surface area contributed by atoms with Crippen molar-refractivity contribution < 1.29 is 9.90 Å². The fraction of sp³-hybridized carbons (Fsp3) is 0.318. The van der Waals surface area contributed by atoms with E-state index in [9.17, 15) is 9.90 Å². The van der Waals surface area contributed by atoms with Gasteiger partial charge in [0.2, 0.25) is 5.91 Å². The number of carbonyl (C=O) groups excluding carboxylic acids is 1. The molecule has 2 N–H and O–H groups in total. The summed E-state index contributed by atoms with van der Waals surface area (Å²) in [7, 11) is 0. The fourth-order valence-corrected chi connectivity index (χ4v) is 3.41. The monoisotopic (exact) mass is 376 g/mol. The number of aromatic nitrogens is 3. The molecule has 144 valence electrons. The Labute approximate surface area is 164 Å². The average molecular weight is 376 g/mol. The summed E-state index contributed by atoms with van der Waals surface area (Å²) in [6.07, 6.45) is 3.10. The van der Waals surface area contributed by atoms with Crippen LogP contribution in [0.5, 0.6) is 5.75 Å². The van der Waals surface area contributed by atoms with Crippen LogP contribution in [0.4, 0.5) is 5.69 Å². The van der Waals surface area contributed by atoms with E-state index >= 15 is 0 Å². The van der Waals surface area contributed by atoms with E-state index in [-0.39, 0.29) is 11.7 Å². The number of rotatable bonds is 6. The van der Waals surface area contributed by atoms with Gasteiger partial charge in [-0.05, 0) is 62.6 Å². The first-order valence-corrected chi connectivity index (χ1v) is 9.61. The van der Waals surface area contributed by atoms with Crippen molar-refractivity contribution in [3.05, 3.63) is 59.4 Å². The number of carbonyl (C=O) groups is 1. The highest BCUT2D eigenvalue weighted by Gasteiger charge is 2.30. The Morgan fingerprint density at radius 2 is 1.89 bits per heavy atom. The lowest BCUT2D eigenvalue weighted by Crippen LogP contribution is -2.15. The molecule has 0 spiro atoms. The lowest BCUT2D eigenvalue weighted by molar-refractivity contribution is -0.116. The van der Waals surface area contributed by atoms with Crippen LogP contribution >= 0.6 is 0 Å². The molecule has 1 fully saturated rings. The number of benzene rings is 2. The van der Waals surface area contributed by atoms with Gasteiger partial charge in [0, 0.05) is 30.1 Å².